The van der Waals surface area contributed by atoms with Gasteiger partial charge in [0, 0.05) is 38.6 Å². The quantitative estimate of drug-likeness (QED) is 0.501. The van der Waals surface area contributed by atoms with Crippen molar-refractivity contribution in [1.82, 2.24) is 29.3 Å². The summed E-state index contributed by atoms with van der Waals surface area (Å²) in [6.07, 6.45) is 3.11. The molecule has 1 aromatic carbocycles. The second-order valence-corrected chi connectivity index (χ2v) is 7.16. The van der Waals surface area contributed by atoms with Gasteiger partial charge in [-0.3, -0.25) is 14.3 Å². The molecule has 0 saturated heterocycles. The van der Waals surface area contributed by atoms with E-state index in [1.807, 2.05) is 31.2 Å². The summed E-state index contributed by atoms with van der Waals surface area (Å²) in [5, 5.41) is 11.4. The van der Waals surface area contributed by atoms with Crippen LogP contribution in [0.1, 0.15) is 27.8 Å². The van der Waals surface area contributed by atoms with Gasteiger partial charge < -0.3 is 15.0 Å². The van der Waals surface area contributed by atoms with Gasteiger partial charge in [-0.05, 0) is 25.1 Å². The van der Waals surface area contributed by atoms with Crippen LogP contribution in [0.4, 0.5) is 5.69 Å². The lowest BCUT2D eigenvalue weighted by atomic mass is 10.2. The van der Waals surface area contributed by atoms with E-state index in [1.54, 1.807) is 44.1 Å². The van der Waals surface area contributed by atoms with Crippen molar-refractivity contribution in [2.24, 2.45) is 7.05 Å². The molecule has 0 aliphatic rings. The van der Waals surface area contributed by atoms with Crippen LogP contribution >= 0.6 is 0 Å². The van der Waals surface area contributed by atoms with E-state index in [1.165, 1.54) is 15.8 Å². The summed E-state index contributed by atoms with van der Waals surface area (Å²) < 4.78 is 8.40. The highest BCUT2D eigenvalue weighted by molar-refractivity contribution is 6.11. The number of nitrogens with one attached hydrogen (secondary N) is 1. The summed E-state index contributed by atoms with van der Waals surface area (Å²) >= 11 is 0. The molecule has 0 unspecified atom stereocenters. The van der Waals surface area contributed by atoms with Gasteiger partial charge in [0.1, 0.15) is 11.4 Å². The van der Waals surface area contributed by atoms with Crippen LogP contribution in [0.3, 0.4) is 0 Å². The number of para-hydroxylation sites is 1. The van der Waals surface area contributed by atoms with Gasteiger partial charge in [-0.2, -0.15) is 5.10 Å². The SMILES string of the molecule is CCN(C)C(=O)c1cnn(C)c1C(=O)Nc1ccn2nc(-c3ccccc3OC)nc2c1. The number of benzene rings is 1. The van der Waals surface area contributed by atoms with Crippen LogP contribution in [0.25, 0.3) is 17.0 Å². The molecule has 0 atom stereocenters. The van der Waals surface area contributed by atoms with Crippen molar-refractivity contribution in [3.05, 3.63) is 60.0 Å². The minimum atomic E-state index is -0.438. The third-order valence-electron chi connectivity index (χ3n) is 5.15. The number of ether oxygens (including phenoxy) is 1. The number of methoxy groups -OCH3 is 1. The van der Waals surface area contributed by atoms with Gasteiger partial charge >= 0.3 is 0 Å². The number of rotatable bonds is 6. The average Bonchev–Trinajstić information content (AvgIpc) is 3.41. The fourth-order valence-electron chi connectivity index (χ4n) is 3.31. The number of carbonyl (C=O) groups is 2. The minimum Gasteiger partial charge on any atom is -0.496 e. The number of hydrogen-bond donors (Lipinski definition) is 1. The number of hydrogen-bond acceptors (Lipinski definition) is 6. The molecule has 0 aliphatic carbocycles. The largest absolute Gasteiger partial charge is 0.496 e. The summed E-state index contributed by atoms with van der Waals surface area (Å²) in [4.78, 5) is 31.7. The fraction of sp³-hybridized carbons (Fsp3) is 0.227. The first-order valence-electron chi connectivity index (χ1n) is 10.0. The van der Waals surface area contributed by atoms with E-state index >= 15 is 0 Å². The smallest absolute Gasteiger partial charge is 0.274 e. The summed E-state index contributed by atoms with van der Waals surface area (Å²) in [6.45, 7) is 2.38. The Labute approximate surface area is 184 Å². The maximum atomic E-state index is 13.0. The Hall–Kier alpha value is -4.21. The minimum absolute atomic E-state index is 0.186. The maximum absolute atomic E-state index is 13.0. The molecule has 0 radical (unpaired) electrons. The van der Waals surface area contributed by atoms with E-state index in [0.29, 0.717) is 29.5 Å². The molecule has 0 bridgehead atoms. The number of pyridine rings is 1. The van der Waals surface area contributed by atoms with Crippen LogP contribution < -0.4 is 10.1 Å². The van der Waals surface area contributed by atoms with Crippen LogP contribution in [-0.4, -0.2) is 61.8 Å². The van der Waals surface area contributed by atoms with Crippen molar-refractivity contribution in [2.75, 3.05) is 26.0 Å². The molecule has 0 spiro atoms. The van der Waals surface area contributed by atoms with Crippen LogP contribution in [0, 0.1) is 0 Å². The normalized spacial score (nSPS) is 10.9. The fourth-order valence-corrected chi connectivity index (χ4v) is 3.31. The van der Waals surface area contributed by atoms with E-state index in [0.717, 1.165) is 5.56 Å². The van der Waals surface area contributed by atoms with E-state index in [4.69, 9.17) is 4.74 Å². The molecule has 164 valence electrons. The third kappa shape index (κ3) is 3.78. The summed E-state index contributed by atoms with van der Waals surface area (Å²) in [5.74, 6) is 0.474. The number of aryl methyl sites for hydroxylation is 1. The van der Waals surface area contributed by atoms with Gasteiger partial charge in [0.15, 0.2) is 11.5 Å². The highest BCUT2D eigenvalue weighted by Gasteiger charge is 2.24. The number of amides is 2. The first-order valence-corrected chi connectivity index (χ1v) is 10.0. The summed E-state index contributed by atoms with van der Waals surface area (Å²) in [7, 11) is 4.90. The number of fused-ring (bicyclic) bond motifs is 1. The molecule has 4 rings (SSSR count). The predicted octanol–water partition coefficient (Wildman–Crippen LogP) is 2.48. The molecule has 3 aromatic heterocycles. The second kappa shape index (κ2) is 8.50. The monoisotopic (exact) mass is 433 g/mol. The van der Waals surface area contributed by atoms with Crippen molar-refractivity contribution in [3.63, 3.8) is 0 Å². The Kier molecular flexibility index (Phi) is 5.59. The molecule has 2 amide bonds. The zero-order chi connectivity index (χ0) is 22.8. The molecule has 0 aliphatic heterocycles. The molecular weight excluding hydrogens is 410 g/mol. The van der Waals surface area contributed by atoms with E-state index in [2.05, 4.69) is 20.5 Å². The number of aromatic nitrogens is 5. The molecule has 32 heavy (non-hydrogen) atoms. The van der Waals surface area contributed by atoms with Gasteiger partial charge in [-0.15, -0.1) is 5.10 Å². The highest BCUT2D eigenvalue weighted by Crippen LogP contribution is 2.27. The van der Waals surface area contributed by atoms with Crippen LogP contribution in [0.2, 0.25) is 0 Å². The molecule has 1 N–H and O–H groups in total. The Balaban J connectivity index is 1.63. The van der Waals surface area contributed by atoms with Gasteiger partial charge in [0.2, 0.25) is 0 Å². The highest BCUT2D eigenvalue weighted by atomic mass is 16.5. The molecule has 3 heterocycles. The lowest BCUT2D eigenvalue weighted by Crippen LogP contribution is -2.29. The molecular formula is C22H23N7O3. The van der Waals surface area contributed by atoms with Crippen molar-refractivity contribution in [1.29, 1.82) is 0 Å². The second-order valence-electron chi connectivity index (χ2n) is 7.16. The molecule has 4 aromatic rings. The van der Waals surface area contributed by atoms with Crippen molar-refractivity contribution in [2.45, 2.75) is 6.92 Å². The maximum Gasteiger partial charge on any atom is 0.274 e. The number of carbonyl (C=O) groups excluding carboxylic acids is 2. The third-order valence-corrected chi connectivity index (χ3v) is 5.15. The molecule has 0 fully saturated rings. The predicted molar refractivity (Wildman–Crippen MR) is 119 cm³/mol. The zero-order valence-electron chi connectivity index (χ0n) is 18.2. The summed E-state index contributed by atoms with van der Waals surface area (Å²) in [5.41, 5.74) is 2.27. The first kappa shape index (κ1) is 21.0. The van der Waals surface area contributed by atoms with E-state index in [-0.39, 0.29) is 17.2 Å². The van der Waals surface area contributed by atoms with E-state index in [9.17, 15) is 9.59 Å². The van der Waals surface area contributed by atoms with Crippen LogP contribution in [-0.2, 0) is 7.05 Å². The number of anilines is 1. The van der Waals surface area contributed by atoms with Crippen molar-refractivity contribution >= 4 is 23.1 Å². The molecule has 10 nitrogen and oxygen atoms in total. The summed E-state index contributed by atoms with van der Waals surface area (Å²) in [6, 6.07) is 10.9. The van der Waals surface area contributed by atoms with Crippen LogP contribution in [0.15, 0.2) is 48.8 Å². The Morgan fingerprint density at radius 3 is 2.75 bits per heavy atom. The van der Waals surface area contributed by atoms with Gasteiger partial charge in [-0.1, -0.05) is 12.1 Å². The Morgan fingerprint density at radius 2 is 2.00 bits per heavy atom. The van der Waals surface area contributed by atoms with Crippen molar-refractivity contribution < 1.29 is 14.3 Å². The Bertz CT molecular complexity index is 1310. The van der Waals surface area contributed by atoms with Gasteiger partial charge in [0.25, 0.3) is 11.8 Å². The van der Waals surface area contributed by atoms with Crippen LogP contribution in [0.5, 0.6) is 5.75 Å². The zero-order valence-corrected chi connectivity index (χ0v) is 18.2. The Morgan fingerprint density at radius 1 is 1.22 bits per heavy atom. The molecule has 10 heteroatoms. The topological polar surface area (TPSA) is 107 Å². The lowest BCUT2D eigenvalue weighted by Gasteiger charge is -2.14. The lowest BCUT2D eigenvalue weighted by molar-refractivity contribution is 0.0796. The van der Waals surface area contributed by atoms with E-state index < -0.39 is 5.91 Å². The first-order chi connectivity index (χ1) is 15.4. The van der Waals surface area contributed by atoms with Crippen molar-refractivity contribution in [3.8, 4) is 17.1 Å². The molecule has 0 saturated carbocycles. The number of nitrogens with zero attached hydrogens (tertiary/aromatic N) is 6. The standard InChI is InChI=1S/C22H23N7O3/c1-5-27(2)22(31)16-13-23-28(3)19(16)21(30)24-14-10-11-29-18(12-14)25-20(26-29)15-8-6-7-9-17(15)32-4/h6-13H,5H2,1-4H3,(H,24,30). The average molecular weight is 433 g/mol. The van der Waals surface area contributed by atoms with Gasteiger partial charge in [-0.25, -0.2) is 9.50 Å². The van der Waals surface area contributed by atoms with Gasteiger partial charge in [0.05, 0.1) is 24.4 Å².